The fraction of sp³-hybridized carbons (Fsp3) is 0.714. The largest absolute Gasteiger partial charge is 0.444 e. The van der Waals surface area contributed by atoms with Crippen molar-refractivity contribution in [1.29, 1.82) is 0 Å². The van der Waals surface area contributed by atoms with Crippen LogP contribution in [0.5, 0.6) is 0 Å². The topological polar surface area (TPSA) is 56.2 Å². The predicted molar refractivity (Wildman–Crippen MR) is 77.2 cm³/mol. The SMILES string of the molecule is CC.Cc1cnn(CCCNC(=O)OC(C)(C)C)c1. The summed E-state index contributed by atoms with van der Waals surface area (Å²) in [5.41, 5.74) is 0.702. The molecule has 0 aromatic carbocycles. The van der Waals surface area contributed by atoms with Crippen molar-refractivity contribution in [2.24, 2.45) is 0 Å². The minimum absolute atomic E-state index is 0.367. The van der Waals surface area contributed by atoms with Gasteiger partial charge in [0.25, 0.3) is 0 Å². The Bertz CT molecular complexity index is 367. The predicted octanol–water partition coefficient (Wildman–Crippen LogP) is 3.13. The molecule has 0 radical (unpaired) electrons. The summed E-state index contributed by atoms with van der Waals surface area (Å²) in [7, 11) is 0. The van der Waals surface area contributed by atoms with Gasteiger partial charge in [-0.15, -0.1) is 0 Å². The van der Waals surface area contributed by atoms with Gasteiger partial charge in [-0.1, -0.05) is 13.8 Å². The summed E-state index contributed by atoms with van der Waals surface area (Å²) in [6.45, 7) is 12.9. The molecule has 0 aliphatic heterocycles. The van der Waals surface area contributed by atoms with Crippen LogP contribution in [0.15, 0.2) is 12.4 Å². The van der Waals surface area contributed by atoms with Gasteiger partial charge in [-0.25, -0.2) is 4.79 Å². The molecule has 1 N–H and O–H groups in total. The van der Waals surface area contributed by atoms with Gasteiger partial charge in [-0.3, -0.25) is 4.68 Å². The number of carbonyl (C=O) groups is 1. The molecule has 0 unspecified atom stereocenters. The van der Waals surface area contributed by atoms with Gasteiger partial charge in [0.05, 0.1) is 6.20 Å². The van der Waals surface area contributed by atoms with Crippen LogP contribution in [0.25, 0.3) is 0 Å². The first-order chi connectivity index (χ1) is 8.87. The van der Waals surface area contributed by atoms with Crippen molar-refractivity contribution in [3.63, 3.8) is 0 Å². The van der Waals surface area contributed by atoms with Crippen LogP contribution in [0, 0.1) is 6.92 Å². The van der Waals surface area contributed by atoms with Crippen LogP contribution in [0.1, 0.15) is 46.6 Å². The first kappa shape index (κ1) is 17.5. The van der Waals surface area contributed by atoms with E-state index >= 15 is 0 Å². The van der Waals surface area contributed by atoms with Gasteiger partial charge in [0.1, 0.15) is 5.60 Å². The number of amides is 1. The van der Waals surface area contributed by atoms with Crippen molar-refractivity contribution < 1.29 is 9.53 Å². The van der Waals surface area contributed by atoms with Crippen molar-refractivity contribution >= 4 is 6.09 Å². The lowest BCUT2D eigenvalue weighted by atomic mass is 10.2. The van der Waals surface area contributed by atoms with E-state index < -0.39 is 5.60 Å². The fourth-order valence-corrected chi connectivity index (χ4v) is 1.33. The van der Waals surface area contributed by atoms with Crippen LogP contribution in [0.2, 0.25) is 0 Å². The van der Waals surface area contributed by atoms with E-state index in [-0.39, 0.29) is 6.09 Å². The molecule has 5 heteroatoms. The van der Waals surface area contributed by atoms with E-state index in [4.69, 9.17) is 4.74 Å². The van der Waals surface area contributed by atoms with Crippen LogP contribution < -0.4 is 5.32 Å². The van der Waals surface area contributed by atoms with E-state index in [1.807, 2.05) is 58.6 Å². The molecule has 0 atom stereocenters. The Kier molecular flexibility index (Phi) is 7.87. The monoisotopic (exact) mass is 269 g/mol. The number of hydrogen-bond donors (Lipinski definition) is 1. The molecular formula is C14H27N3O2. The average Bonchev–Trinajstić information content (AvgIpc) is 2.71. The summed E-state index contributed by atoms with van der Waals surface area (Å²) >= 11 is 0. The van der Waals surface area contributed by atoms with E-state index in [9.17, 15) is 4.79 Å². The number of alkyl carbamates (subject to hydrolysis) is 1. The molecule has 19 heavy (non-hydrogen) atoms. The Labute approximate surface area is 116 Å². The van der Waals surface area contributed by atoms with E-state index in [1.54, 1.807) is 0 Å². The first-order valence-electron chi connectivity index (χ1n) is 6.83. The summed E-state index contributed by atoms with van der Waals surface area (Å²) in [5.74, 6) is 0. The summed E-state index contributed by atoms with van der Waals surface area (Å²) in [5, 5.41) is 6.88. The number of ether oxygens (including phenoxy) is 1. The molecule has 1 aromatic heterocycles. The Morgan fingerprint density at radius 2 is 2.05 bits per heavy atom. The number of carbonyl (C=O) groups excluding carboxylic acids is 1. The Balaban J connectivity index is 0.00000154. The minimum atomic E-state index is -0.441. The van der Waals surface area contributed by atoms with Crippen LogP contribution >= 0.6 is 0 Å². The van der Waals surface area contributed by atoms with E-state index in [2.05, 4.69) is 10.4 Å². The zero-order valence-electron chi connectivity index (χ0n) is 13.0. The van der Waals surface area contributed by atoms with Crippen molar-refractivity contribution in [2.45, 2.75) is 60.1 Å². The maximum atomic E-state index is 11.3. The third kappa shape index (κ3) is 9.11. The van der Waals surface area contributed by atoms with Gasteiger partial charge in [0, 0.05) is 19.3 Å². The standard InChI is InChI=1S/C12H21N3O2.C2H6/c1-10-8-14-15(9-10)7-5-6-13-11(16)17-12(2,3)4;1-2/h8-9H,5-7H2,1-4H3,(H,13,16);1-2H3. The van der Waals surface area contributed by atoms with Crippen molar-refractivity contribution in [1.82, 2.24) is 15.1 Å². The van der Waals surface area contributed by atoms with Crippen LogP contribution in [-0.2, 0) is 11.3 Å². The second-order valence-electron chi connectivity index (χ2n) is 5.06. The van der Waals surface area contributed by atoms with E-state index in [1.165, 1.54) is 0 Å². The Morgan fingerprint density at radius 1 is 1.42 bits per heavy atom. The third-order valence-corrected chi connectivity index (χ3v) is 1.99. The van der Waals surface area contributed by atoms with Crippen LogP contribution in [-0.4, -0.2) is 28.0 Å². The second kappa shape index (κ2) is 8.56. The van der Waals surface area contributed by atoms with Crippen LogP contribution in [0.3, 0.4) is 0 Å². The van der Waals surface area contributed by atoms with Gasteiger partial charge < -0.3 is 10.1 Å². The second-order valence-corrected chi connectivity index (χ2v) is 5.06. The Hall–Kier alpha value is -1.52. The van der Waals surface area contributed by atoms with Crippen molar-refractivity contribution in [2.75, 3.05) is 6.54 Å². The number of nitrogens with zero attached hydrogens (tertiary/aromatic N) is 2. The normalized spacial score (nSPS) is 10.4. The quantitative estimate of drug-likeness (QED) is 0.854. The molecule has 1 amide bonds. The molecule has 1 aromatic rings. The smallest absolute Gasteiger partial charge is 0.407 e. The summed E-state index contributed by atoms with van der Waals surface area (Å²) in [4.78, 5) is 11.3. The maximum absolute atomic E-state index is 11.3. The molecule has 5 nitrogen and oxygen atoms in total. The summed E-state index contributed by atoms with van der Waals surface area (Å²) in [6.07, 6.45) is 4.27. The molecule has 0 spiro atoms. The molecule has 0 saturated heterocycles. The Morgan fingerprint density at radius 3 is 2.53 bits per heavy atom. The number of aryl methyl sites for hydroxylation is 2. The lowest BCUT2D eigenvalue weighted by molar-refractivity contribution is 0.0526. The molecule has 1 rings (SSSR count). The highest BCUT2D eigenvalue weighted by Crippen LogP contribution is 2.06. The molecule has 0 aliphatic rings. The molecule has 110 valence electrons. The van der Waals surface area contributed by atoms with E-state index in [0.29, 0.717) is 6.54 Å². The molecule has 0 aliphatic carbocycles. The number of nitrogens with one attached hydrogen (secondary N) is 1. The zero-order valence-corrected chi connectivity index (χ0v) is 13.0. The van der Waals surface area contributed by atoms with Gasteiger partial charge >= 0.3 is 6.09 Å². The fourth-order valence-electron chi connectivity index (χ4n) is 1.33. The highest BCUT2D eigenvalue weighted by Gasteiger charge is 2.15. The third-order valence-electron chi connectivity index (χ3n) is 1.99. The lowest BCUT2D eigenvalue weighted by Crippen LogP contribution is -2.33. The highest BCUT2D eigenvalue weighted by molar-refractivity contribution is 5.67. The van der Waals surface area contributed by atoms with Gasteiger partial charge in [-0.05, 0) is 39.7 Å². The maximum Gasteiger partial charge on any atom is 0.407 e. The van der Waals surface area contributed by atoms with Gasteiger partial charge in [0.2, 0.25) is 0 Å². The molecule has 0 saturated carbocycles. The number of aromatic nitrogens is 2. The molecule has 0 fully saturated rings. The van der Waals surface area contributed by atoms with E-state index in [0.717, 1.165) is 18.5 Å². The molecular weight excluding hydrogens is 242 g/mol. The molecule has 1 heterocycles. The van der Waals surface area contributed by atoms with Crippen LogP contribution in [0.4, 0.5) is 4.79 Å². The molecule has 0 bridgehead atoms. The first-order valence-corrected chi connectivity index (χ1v) is 6.83. The zero-order chi connectivity index (χ0) is 14.9. The van der Waals surface area contributed by atoms with Crippen molar-refractivity contribution in [3.05, 3.63) is 18.0 Å². The van der Waals surface area contributed by atoms with Gasteiger partial charge in [-0.2, -0.15) is 5.10 Å². The summed E-state index contributed by atoms with van der Waals surface area (Å²) < 4.78 is 6.99. The van der Waals surface area contributed by atoms with Gasteiger partial charge in [0.15, 0.2) is 0 Å². The minimum Gasteiger partial charge on any atom is -0.444 e. The average molecular weight is 269 g/mol. The highest BCUT2D eigenvalue weighted by atomic mass is 16.6. The van der Waals surface area contributed by atoms with Crippen molar-refractivity contribution in [3.8, 4) is 0 Å². The number of rotatable bonds is 4. The number of hydrogen-bond acceptors (Lipinski definition) is 3. The lowest BCUT2D eigenvalue weighted by Gasteiger charge is -2.19. The summed E-state index contributed by atoms with van der Waals surface area (Å²) in [6, 6.07) is 0.